The zero-order valence-corrected chi connectivity index (χ0v) is 21.6. The van der Waals surface area contributed by atoms with Gasteiger partial charge < -0.3 is 19.5 Å². The van der Waals surface area contributed by atoms with Crippen LogP contribution in [0.5, 0.6) is 5.88 Å². The van der Waals surface area contributed by atoms with Crippen LogP contribution in [-0.2, 0) is 29.5 Å². The first kappa shape index (κ1) is 23.1. The normalized spacial score (nSPS) is 24.9. The van der Waals surface area contributed by atoms with Gasteiger partial charge in [-0.1, -0.05) is 0 Å². The minimum absolute atomic E-state index is 0.167. The molecule has 6 rings (SSSR count). The molecule has 10 heteroatoms. The lowest BCUT2D eigenvalue weighted by Crippen LogP contribution is -2.46. The maximum absolute atomic E-state index is 6.69. The molecule has 2 aliphatic heterocycles. The fourth-order valence-corrected chi connectivity index (χ4v) is 6.59. The second-order valence-corrected chi connectivity index (χ2v) is 11.6. The van der Waals surface area contributed by atoms with Crippen molar-refractivity contribution >= 4 is 33.2 Å². The van der Waals surface area contributed by atoms with E-state index in [2.05, 4.69) is 29.2 Å². The molecular formula is C25H34N6O3S. The quantitative estimate of drug-likeness (QED) is 0.564. The fourth-order valence-electron chi connectivity index (χ4n) is 5.50. The van der Waals surface area contributed by atoms with Crippen LogP contribution in [0.25, 0.3) is 10.2 Å². The molecule has 0 bridgehead atoms. The van der Waals surface area contributed by atoms with Crippen molar-refractivity contribution in [3.05, 3.63) is 22.8 Å². The van der Waals surface area contributed by atoms with Crippen molar-refractivity contribution in [1.29, 1.82) is 0 Å². The fraction of sp³-hybridized carbons (Fsp3) is 0.640. The van der Waals surface area contributed by atoms with Crippen molar-refractivity contribution in [3.63, 3.8) is 0 Å². The Hall–Kier alpha value is -2.27. The smallest absolute Gasteiger partial charge is 0.232 e. The third-order valence-electron chi connectivity index (χ3n) is 7.34. The number of nitrogens with one attached hydrogen (secondary N) is 1. The molecule has 0 radical (unpaired) electrons. The highest BCUT2D eigenvalue weighted by Crippen LogP contribution is 2.43. The summed E-state index contributed by atoms with van der Waals surface area (Å²) in [4.78, 5) is 14.5. The molecule has 0 amide bonds. The Bertz CT molecular complexity index is 1190. The molecule has 1 N–H and O–H groups in total. The summed E-state index contributed by atoms with van der Waals surface area (Å²) in [7, 11) is 1.89. The van der Waals surface area contributed by atoms with Crippen molar-refractivity contribution < 1.29 is 14.2 Å². The Morgan fingerprint density at radius 2 is 1.94 bits per heavy atom. The lowest BCUT2D eigenvalue weighted by molar-refractivity contribution is -0.0379. The van der Waals surface area contributed by atoms with Crippen LogP contribution in [0.3, 0.4) is 0 Å². The summed E-state index contributed by atoms with van der Waals surface area (Å²) in [6.45, 7) is 8.70. The van der Waals surface area contributed by atoms with Crippen LogP contribution in [0.2, 0.25) is 0 Å². The molecular weight excluding hydrogens is 464 g/mol. The lowest BCUT2D eigenvalue weighted by atomic mass is 9.91. The predicted molar refractivity (Wildman–Crippen MR) is 136 cm³/mol. The van der Waals surface area contributed by atoms with Gasteiger partial charge in [0.25, 0.3) is 0 Å². The summed E-state index contributed by atoms with van der Waals surface area (Å²) >= 11 is 1.69. The number of nitrogens with zero attached hydrogens (tertiary/aromatic N) is 5. The monoisotopic (exact) mass is 498 g/mol. The Morgan fingerprint density at radius 1 is 1.14 bits per heavy atom. The number of anilines is 2. The number of aromatic nitrogens is 4. The topological polar surface area (TPSA) is 86.6 Å². The second kappa shape index (κ2) is 9.31. The molecule has 1 aliphatic carbocycles. The van der Waals surface area contributed by atoms with E-state index in [0.29, 0.717) is 24.5 Å². The summed E-state index contributed by atoms with van der Waals surface area (Å²) < 4.78 is 20.1. The molecule has 0 spiro atoms. The van der Waals surface area contributed by atoms with Crippen molar-refractivity contribution in [1.82, 2.24) is 24.6 Å². The van der Waals surface area contributed by atoms with Crippen molar-refractivity contribution in [3.8, 4) is 5.88 Å². The SMILES string of the molecule is Cn1cc(Nc2nc(OC3CCC(N4CCOCC4)CC3)c3c4c(sc3n2)COC(C)(C)C4)cn1. The van der Waals surface area contributed by atoms with Crippen LogP contribution < -0.4 is 10.1 Å². The Morgan fingerprint density at radius 3 is 2.69 bits per heavy atom. The van der Waals surface area contributed by atoms with Crippen molar-refractivity contribution in [2.24, 2.45) is 7.05 Å². The van der Waals surface area contributed by atoms with Crippen LogP contribution in [0.1, 0.15) is 50.0 Å². The Kier molecular flexibility index (Phi) is 6.16. The van der Waals surface area contributed by atoms with E-state index < -0.39 is 0 Å². The van der Waals surface area contributed by atoms with Gasteiger partial charge in [-0.05, 0) is 45.1 Å². The number of aryl methyl sites for hydroxylation is 1. The van der Waals surface area contributed by atoms with E-state index in [4.69, 9.17) is 24.2 Å². The summed E-state index contributed by atoms with van der Waals surface area (Å²) in [6.07, 6.45) is 9.08. The van der Waals surface area contributed by atoms with E-state index in [0.717, 1.165) is 74.3 Å². The molecule has 1 saturated carbocycles. The minimum Gasteiger partial charge on any atom is -0.474 e. The van der Waals surface area contributed by atoms with Gasteiger partial charge in [0.2, 0.25) is 11.8 Å². The molecule has 188 valence electrons. The van der Waals surface area contributed by atoms with E-state index in [9.17, 15) is 0 Å². The first-order valence-electron chi connectivity index (χ1n) is 12.6. The molecule has 3 aromatic heterocycles. The second-order valence-electron chi connectivity index (χ2n) is 10.5. The number of ether oxygens (including phenoxy) is 3. The highest BCUT2D eigenvalue weighted by atomic mass is 32.1. The average molecular weight is 499 g/mol. The number of rotatable bonds is 5. The standard InChI is InChI=1S/C25H34N6O3S/c1-25(2)12-19-20(15-33-25)35-23-21(19)22(28-24(29-23)27-16-13-26-30(3)14-16)34-18-6-4-17(5-7-18)31-8-10-32-11-9-31/h13-14,17-18H,4-12,15H2,1-3H3,(H,27,28,29). The molecule has 35 heavy (non-hydrogen) atoms. The van der Waals surface area contributed by atoms with E-state index in [1.54, 1.807) is 22.2 Å². The van der Waals surface area contributed by atoms with Crippen LogP contribution in [0, 0.1) is 0 Å². The summed E-state index contributed by atoms with van der Waals surface area (Å²) in [5.74, 6) is 1.24. The van der Waals surface area contributed by atoms with Crippen LogP contribution in [-0.4, -0.2) is 68.7 Å². The summed E-state index contributed by atoms with van der Waals surface area (Å²) in [5.41, 5.74) is 1.93. The maximum atomic E-state index is 6.69. The van der Waals surface area contributed by atoms with Gasteiger partial charge in [-0.2, -0.15) is 10.1 Å². The van der Waals surface area contributed by atoms with Crippen molar-refractivity contribution in [2.75, 3.05) is 31.6 Å². The van der Waals surface area contributed by atoms with Gasteiger partial charge in [0.15, 0.2) is 0 Å². The summed E-state index contributed by atoms with van der Waals surface area (Å²) in [5, 5.41) is 8.62. The first-order valence-corrected chi connectivity index (χ1v) is 13.5. The average Bonchev–Trinajstić information content (AvgIpc) is 3.42. The van der Waals surface area contributed by atoms with Gasteiger partial charge in [-0.25, -0.2) is 4.98 Å². The van der Waals surface area contributed by atoms with E-state index in [1.165, 1.54) is 10.4 Å². The minimum atomic E-state index is -0.207. The third-order valence-corrected chi connectivity index (χ3v) is 8.44. The zero-order chi connectivity index (χ0) is 24.0. The Balaban J connectivity index is 1.27. The predicted octanol–water partition coefficient (Wildman–Crippen LogP) is 4.04. The molecule has 0 unspecified atom stereocenters. The lowest BCUT2D eigenvalue weighted by Gasteiger charge is -2.38. The molecule has 1 saturated heterocycles. The molecule has 2 fully saturated rings. The van der Waals surface area contributed by atoms with Crippen LogP contribution in [0.15, 0.2) is 12.4 Å². The van der Waals surface area contributed by atoms with Crippen molar-refractivity contribution in [2.45, 2.75) is 70.3 Å². The molecule has 5 heterocycles. The molecule has 3 aromatic rings. The van der Waals surface area contributed by atoms with Gasteiger partial charge in [-0.3, -0.25) is 9.58 Å². The van der Waals surface area contributed by atoms with Gasteiger partial charge in [0.1, 0.15) is 10.9 Å². The van der Waals surface area contributed by atoms with E-state index in [-0.39, 0.29) is 11.7 Å². The largest absolute Gasteiger partial charge is 0.474 e. The number of thiophene rings is 1. The van der Waals surface area contributed by atoms with Gasteiger partial charge in [0, 0.05) is 43.7 Å². The number of morpholine rings is 1. The summed E-state index contributed by atoms with van der Waals surface area (Å²) in [6, 6.07) is 0.638. The number of fused-ring (bicyclic) bond motifs is 3. The van der Waals surface area contributed by atoms with Gasteiger partial charge in [-0.15, -0.1) is 11.3 Å². The first-order chi connectivity index (χ1) is 16.9. The van der Waals surface area contributed by atoms with E-state index >= 15 is 0 Å². The van der Waals surface area contributed by atoms with Gasteiger partial charge in [0.05, 0.1) is 42.7 Å². The molecule has 0 aromatic carbocycles. The zero-order valence-electron chi connectivity index (χ0n) is 20.7. The van der Waals surface area contributed by atoms with E-state index in [1.807, 2.05) is 13.2 Å². The van der Waals surface area contributed by atoms with Crippen LogP contribution >= 0.6 is 11.3 Å². The number of hydrogen-bond donors (Lipinski definition) is 1. The highest BCUT2D eigenvalue weighted by molar-refractivity contribution is 7.18. The highest BCUT2D eigenvalue weighted by Gasteiger charge is 2.33. The molecule has 3 aliphatic rings. The third kappa shape index (κ3) is 4.89. The number of hydrogen-bond acceptors (Lipinski definition) is 9. The molecule has 9 nitrogen and oxygen atoms in total. The van der Waals surface area contributed by atoms with Gasteiger partial charge >= 0.3 is 0 Å². The molecule has 0 atom stereocenters. The van der Waals surface area contributed by atoms with Crippen LogP contribution in [0.4, 0.5) is 11.6 Å². The maximum Gasteiger partial charge on any atom is 0.232 e. The Labute approximate surface area is 209 Å².